The summed E-state index contributed by atoms with van der Waals surface area (Å²) in [7, 11) is -2.16. The molecule has 1 heterocycles. The van der Waals surface area contributed by atoms with Crippen molar-refractivity contribution < 1.29 is 17.9 Å². The minimum absolute atomic E-state index is 0.0172. The minimum atomic E-state index is -3.64. The predicted molar refractivity (Wildman–Crippen MR) is 103 cm³/mol. The molecule has 2 aromatic carbocycles. The Hall–Kier alpha value is -3.08. The van der Waals surface area contributed by atoms with E-state index in [9.17, 15) is 8.42 Å². The van der Waals surface area contributed by atoms with Crippen molar-refractivity contribution >= 4 is 20.9 Å². The van der Waals surface area contributed by atoms with Crippen LogP contribution < -0.4 is 14.2 Å². The van der Waals surface area contributed by atoms with Crippen molar-refractivity contribution in [1.82, 2.24) is 9.71 Å². The predicted octanol–water partition coefficient (Wildman–Crippen LogP) is 2.60. The summed E-state index contributed by atoms with van der Waals surface area (Å²) in [6, 6.07) is 15.7. The number of rotatable bonds is 6. The number of nitrogens with zero attached hydrogens (tertiary/aromatic N) is 1. The number of hydrogen-bond acceptors (Lipinski definition) is 5. The Labute approximate surface area is 158 Å². The molecule has 0 aliphatic heterocycles. The van der Waals surface area contributed by atoms with Crippen LogP contribution in [0.4, 0.5) is 0 Å². The molecule has 0 atom stereocenters. The van der Waals surface area contributed by atoms with Gasteiger partial charge in [-0.05, 0) is 24.3 Å². The molecule has 0 aliphatic rings. The maximum atomic E-state index is 12.2. The minimum Gasteiger partial charge on any atom is -0.497 e. The summed E-state index contributed by atoms with van der Waals surface area (Å²) < 4.78 is 37.6. The summed E-state index contributed by atoms with van der Waals surface area (Å²) in [5, 5.41) is 0.981. The largest absolute Gasteiger partial charge is 0.497 e. The van der Waals surface area contributed by atoms with E-state index >= 15 is 0 Å². The highest BCUT2D eigenvalue weighted by Gasteiger charge is 2.13. The number of sulfonamides is 1. The summed E-state index contributed by atoms with van der Waals surface area (Å²) in [6.45, 7) is 0.118. The Morgan fingerprint density at radius 1 is 1.07 bits per heavy atom. The summed E-state index contributed by atoms with van der Waals surface area (Å²) in [5.41, 5.74) is 0.764. The second-order valence-electron chi connectivity index (χ2n) is 5.48. The van der Waals surface area contributed by atoms with Gasteiger partial charge in [0, 0.05) is 17.6 Å². The lowest BCUT2D eigenvalue weighted by Gasteiger charge is -2.06. The van der Waals surface area contributed by atoms with Crippen LogP contribution in [0.25, 0.3) is 10.9 Å². The Morgan fingerprint density at radius 3 is 2.74 bits per heavy atom. The first-order chi connectivity index (χ1) is 13.1. The molecule has 0 saturated carbocycles. The smallest absolute Gasteiger partial charge is 0.241 e. The fourth-order valence-corrected chi connectivity index (χ4v) is 3.36. The molecule has 1 aromatic heterocycles. The van der Waals surface area contributed by atoms with E-state index in [1.807, 2.05) is 30.3 Å². The van der Waals surface area contributed by atoms with Crippen molar-refractivity contribution in [2.45, 2.75) is 4.90 Å². The van der Waals surface area contributed by atoms with Crippen molar-refractivity contribution in [3.63, 3.8) is 0 Å². The van der Waals surface area contributed by atoms with Gasteiger partial charge in [0.05, 0.1) is 18.6 Å². The molecule has 0 bridgehead atoms. The molecular weight excluding hydrogens is 364 g/mol. The van der Waals surface area contributed by atoms with E-state index in [-0.39, 0.29) is 18.0 Å². The van der Waals surface area contributed by atoms with Crippen LogP contribution in [0.3, 0.4) is 0 Å². The van der Waals surface area contributed by atoms with Crippen molar-refractivity contribution in [2.75, 3.05) is 20.3 Å². The van der Waals surface area contributed by atoms with Crippen LogP contribution in [0.5, 0.6) is 11.5 Å². The molecule has 0 spiro atoms. The van der Waals surface area contributed by atoms with E-state index in [4.69, 9.17) is 9.47 Å². The second kappa shape index (κ2) is 8.54. The summed E-state index contributed by atoms with van der Waals surface area (Å²) in [5.74, 6) is 6.65. The first-order valence-corrected chi connectivity index (χ1v) is 9.64. The van der Waals surface area contributed by atoms with Gasteiger partial charge in [-0.15, -0.1) is 0 Å². The molecule has 0 saturated heterocycles. The van der Waals surface area contributed by atoms with Gasteiger partial charge in [0.15, 0.2) is 0 Å². The standard InChI is InChI=1S/C20H18N2O4S/c1-25-17-9-5-10-18(15-17)27(23,24)22-13-2-3-14-26-19-11-4-7-16-8-6-12-21-20(16)19/h4-12,15,22H,13-14H2,1H3. The number of methoxy groups -OCH3 is 1. The normalized spacial score (nSPS) is 10.9. The quantitative estimate of drug-likeness (QED) is 0.663. The first-order valence-electron chi connectivity index (χ1n) is 8.16. The maximum absolute atomic E-state index is 12.2. The summed E-state index contributed by atoms with van der Waals surface area (Å²) in [6.07, 6.45) is 1.70. The molecule has 3 rings (SSSR count). The maximum Gasteiger partial charge on any atom is 0.241 e. The van der Waals surface area contributed by atoms with Crippen molar-refractivity contribution in [1.29, 1.82) is 0 Å². The molecule has 0 aliphatic carbocycles. The van der Waals surface area contributed by atoms with Crippen LogP contribution in [-0.4, -0.2) is 33.7 Å². The Kier molecular flexibility index (Phi) is 5.91. The highest BCUT2D eigenvalue weighted by Crippen LogP contribution is 2.22. The zero-order valence-corrected chi connectivity index (χ0v) is 15.5. The van der Waals surface area contributed by atoms with Gasteiger partial charge in [0.2, 0.25) is 10.0 Å². The molecule has 0 radical (unpaired) electrons. The number of hydrogen-bond donors (Lipinski definition) is 1. The number of aromatic nitrogens is 1. The zero-order valence-electron chi connectivity index (χ0n) is 14.7. The molecule has 6 nitrogen and oxygen atoms in total. The second-order valence-corrected chi connectivity index (χ2v) is 7.24. The van der Waals surface area contributed by atoms with Crippen LogP contribution in [0.15, 0.2) is 65.7 Å². The van der Waals surface area contributed by atoms with Crippen LogP contribution in [0.2, 0.25) is 0 Å². The average Bonchev–Trinajstić information content (AvgIpc) is 2.70. The fraction of sp³-hybridized carbons (Fsp3) is 0.150. The third-order valence-electron chi connectivity index (χ3n) is 3.72. The molecule has 27 heavy (non-hydrogen) atoms. The third kappa shape index (κ3) is 4.76. The number of para-hydroxylation sites is 1. The van der Waals surface area contributed by atoms with Gasteiger partial charge in [0.25, 0.3) is 0 Å². The van der Waals surface area contributed by atoms with Gasteiger partial charge in [-0.3, -0.25) is 4.98 Å². The molecular formula is C20H18N2O4S. The van der Waals surface area contributed by atoms with Crippen molar-refractivity contribution in [3.05, 3.63) is 60.8 Å². The Morgan fingerprint density at radius 2 is 1.89 bits per heavy atom. The number of ether oxygens (including phenoxy) is 2. The highest BCUT2D eigenvalue weighted by molar-refractivity contribution is 7.89. The number of benzene rings is 2. The fourth-order valence-electron chi connectivity index (χ4n) is 2.40. The van der Waals surface area contributed by atoms with E-state index in [1.165, 1.54) is 19.2 Å². The van der Waals surface area contributed by atoms with E-state index in [2.05, 4.69) is 21.5 Å². The van der Waals surface area contributed by atoms with Crippen LogP contribution in [0.1, 0.15) is 0 Å². The van der Waals surface area contributed by atoms with Gasteiger partial charge in [0.1, 0.15) is 23.6 Å². The third-order valence-corrected chi connectivity index (χ3v) is 5.12. The van der Waals surface area contributed by atoms with Crippen molar-refractivity contribution in [2.24, 2.45) is 0 Å². The lowest BCUT2D eigenvalue weighted by molar-refractivity contribution is 0.374. The SMILES string of the molecule is COc1cccc(S(=O)(=O)NCC#CCOc2cccc3cccnc23)c1. The Balaban J connectivity index is 1.56. The lowest BCUT2D eigenvalue weighted by atomic mass is 10.2. The topological polar surface area (TPSA) is 77.5 Å². The zero-order chi connectivity index (χ0) is 19.1. The average molecular weight is 382 g/mol. The molecule has 0 unspecified atom stereocenters. The van der Waals surface area contributed by atoms with Gasteiger partial charge in [-0.25, -0.2) is 8.42 Å². The van der Waals surface area contributed by atoms with E-state index in [0.29, 0.717) is 11.5 Å². The highest BCUT2D eigenvalue weighted by atomic mass is 32.2. The monoisotopic (exact) mass is 382 g/mol. The van der Waals surface area contributed by atoms with Crippen LogP contribution in [-0.2, 0) is 10.0 Å². The lowest BCUT2D eigenvalue weighted by Crippen LogP contribution is -2.24. The number of fused-ring (bicyclic) bond motifs is 1. The molecule has 0 amide bonds. The van der Waals surface area contributed by atoms with E-state index in [1.54, 1.807) is 18.3 Å². The number of pyridine rings is 1. The van der Waals surface area contributed by atoms with E-state index < -0.39 is 10.0 Å². The van der Waals surface area contributed by atoms with Gasteiger partial charge in [-0.2, -0.15) is 4.72 Å². The number of nitrogens with one attached hydrogen (secondary N) is 1. The summed E-state index contributed by atoms with van der Waals surface area (Å²) in [4.78, 5) is 4.43. The van der Waals surface area contributed by atoms with E-state index in [0.717, 1.165) is 10.9 Å². The van der Waals surface area contributed by atoms with Gasteiger partial charge >= 0.3 is 0 Å². The van der Waals surface area contributed by atoms with Crippen LogP contribution in [0, 0.1) is 11.8 Å². The van der Waals surface area contributed by atoms with Gasteiger partial charge < -0.3 is 9.47 Å². The van der Waals surface area contributed by atoms with Gasteiger partial charge in [-0.1, -0.05) is 36.1 Å². The molecule has 1 N–H and O–H groups in total. The molecule has 3 aromatic rings. The Bertz CT molecular complexity index is 1100. The first kappa shape index (κ1) is 18.7. The molecule has 138 valence electrons. The van der Waals surface area contributed by atoms with Crippen molar-refractivity contribution in [3.8, 4) is 23.3 Å². The summed E-state index contributed by atoms with van der Waals surface area (Å²) >= 11 is 0. The van der Waals surface area contributed by atoms with Crippen LogP contribution >= 0.6 is 0 Å². The molecule has 7 heteroatoms. The molecule has 0 fully saturated rings.